The third kappa shape index (κ3) is 6.29. The molecule has 31 heavy (non-hydrogen) atoms. The van der Waals surface area contributed by atoms with Crippen LogP contribution in [-0.4, -0.2) is 19.6 Å². The lowest BCUT2D eigenvalue weighted by molar-refractivity contribution is -0.118. The number of ether oxygens (including phenoxy) is 2. The average Bonchev–Trinajstić information content (AvgIpc) is 2.74. The lowest BCUT2D eigenvalue weighted by atomic mass is 10.2. The predicted molar refractivity (Wildman–Crippen MR) is 127 cm³/mol. The molecule has 3 aromatic rings. The quantitative estimate of drug-likeness (QED) is 0.418. The van der Waals surface area contributed by atoms with Gasteiger partial charge in [0.25, 0.3) is 5.91 Å². The highest BCUT2D eigenvalue weighted by Gasteiger charge is 2.14. The molecule has 162 valence electrons. The van der Waals surface area contributed by atoms with Crippen LogP contribution in [0.5, 0.6) is 11.5 Å². The van der Waals surface area contributed by atoms with E-state index in [2.05, 4.69) is 10.6 Å². The van der Waals surface area contributed by atoms with Crippen molar-refractivity contribution in [2.24, 2.45) is 0 Å². The molecule has 0 saturated carbocycles. The topological polar surface area (TPSA) is 59.6 Å². The zero-order chi connectivity index (χ0) is 22.4. The van der Waals surface area contributed by atoms with Crippen molar-refractivity contribution >= 4 is 40.5 Å². The number of hydrogen-bond donors (Lipinski definition) is 2. The summed E-state index contributed by atoms with van der Waals surface area (Å²) < 4.78 is 11.1. The van der Waals surface area contributed by atoms with E-state index >= 15 is 0 Å². The molecule has 0 saturated heterocycles. The highest BCUT2D eigenvalue weighted by Crippen LogP contribution is 2.36. The van der Waals surface area contributed by atoms with E-state index in [9.17, 15) is 4.79 Å². The predicted octanol–water partition coefficient (Wildman–Crippen LogP) is 6.25. The third-order valence-corrected chi connectivity index (χ3v) is 5.33. The van der Waals surface area contributed by atoms with Crippen molar-refractivity contribution in [2.75, 3.05) is 24.4 Å². The van der Waals surface area contributed by atoms with Crippen LogP contribution >= 0.6 is 23.2 Å². The summed E-state index contributed by atoms with van der Waals surface area (Å²) in [7, 11) is 1.53. The monoisotopic (exact) mass is 458 g/mol. The van der Waals surface area contributed by atoms with Crippen LogP contribution in [0.2, 0.25) is 10.0 Å². The molecule has 0 radical (unpaired) electrons. The zero-order valence-corrected chi connectivity index (χ0v) is 19.1. The van der Waals surface area contributed by atoms with E-state index in [0.717, 1.165) is 16.8 Å². The van der Waals surface area contributed by atoms with Crippen LogP contribution in [0.3, 0.4) is 0 Å². The normalized spacial score (nSPS) is 10.5. The number of nitrogens with one attached hydrogen (secondary N) is 2. The SMILES string of the molecule is COc1cc(CNc2ccc(C)cc2)cc(Cl)c1OCC(=O)Nc1ccc(C)c(Cl)c1. The Kier molecular flexibility index (Phi) is 7.66. The van der Waals surface area contributed by atoms with Gasteiger partial charge in [-0.3, -0.25) is 4.79 Å². The number of methoxy groups -OCH3 is 1. The van der Waals surface area contributed by atoms with E-state index in [-0.39, 0.29) is 12.5 Å². The molecule has 3 rings (SSSR count). The molecule has 2 N–H and O–H groups in total. The fraction of sp³-hybridized carbons (Fsp3) is 0.208. The summed E-state index contributed by atoms with van der Waals surface area (Å²) in [6.45, 7) is 4.28. The van der Waals surface area contributed by atoms with Gasteiger partial charge in [-0.2, -0.15) is 0 Å². The molecule has 0 unspecified atom stereocenters. The molecule has 0 aliphatic rings. The first-order valence-electron chi connectivity index (χ1n) is 9.71. The van der Waals surface area contributed by atoms with E-state index in [4.69, 9.17) is 32.7 Å². The van der Waals surface area contributed by atoms with Gasteiger partial charge in [0.1, 0.15) is 0 Å². The maximum atomic E-state index is 12.3. The molecular weight excluding hydrogens is 435 g/mol. The summed E-state index contributed by atoms with van der Waals surface area (Å²) in [6, 6.07) is 17.1. The number of anilines is 2. The second-order valence-electron chi connectivity index (χ2n) is 7.13. The van der Waals surface area contributed by atoms with Gasteiger partial charge in [0, 0.05) is 22.9 Å². The molecule has 1 amide bonds. The van der Waals surface area contributed by atoms with Crippen LogP contribution in [0.4, 0.5) is 11.4 Å². The molecule has 0 spiro atoms. The molecular formula is C24H24Cl2N2O3. The largest absolute Gasteiger partial charge is 0.493 e. The van der Waals surface area contributed by atoms with Crippen molar-refractivity contribution < 1.29 is 14.3 Å². The number of aryl methyl sites for hydroxylation is 2. The molecule has 7 heteroatoms. The van der Waals surface area contributed by atoms with E-state index in [1.54, 1.807) is 18.2 Å². The lowest BCUT2D eigenvalue weighted by Crippen LogP contribution is -2.20. The fourth-order valence-corrected chi connectivity index (χ4v) is 3.36. The first kappa shape index (κ1) is 22.8. The Bertz CT molecular complexity index is 1070. The van der Waals surface area contributed by atoms with Gasteiger partial charge in [-0.1, -0.05) is 47.0 Å². The number of hydrogen-bond acceptors (Lipinski definition) is 4. The minimum absolute atomic E-state index is 0.220. The standard InChI is InChI=1S/C24H24Cl2N2O3/c1-15-4-7-18(8-5-15)27-13-17-10-21(26)24(22(11-17)30-3)31-14-23(29)28-19-9-6-16(2)20(25)12-19/h4-12,27H,13-14H2,1-3H3,(H,28,29). The maximum absolute atomic E-state index is 12.3. The highest BCUT2D eigenvalue weighted by molar-refractivity contribution is 6.32. The van der Waals surface area contributed by atoms with E-state index in [1.165, 1.54) is 12.7 Å². The Morgan fingerprint density at radius 3 is 2.32 bits per heavy atom. The molecule has 5 nitrogen and oxygen atoms in total. The van der Waals surface area contributed by atoms with Crippen molar-refractivity contribution in [3.05, 3.63) is 81.3 Å². The first-order valence-corrected chi connectivity index (χ1v) is 10.5. The summed E-state index contributed by atoms with van der Waals surface area (Å²) >= 11 is 12.5. The van der Waals surface area contributed by atoms with Crippen LogP contribution in [0.25, 0.3) is 0 Å². The Morgan fingerprint density at radius 1 is 0.935 bits per heavy atom. The highest BCUT2D eigenvalue weighted by atomic mass is 35.5. The molecule has 0 aromatic heterocycles. The van der Waals surface area contributed by atoms with Gasteiger partial charge in [0.2, 0.25) is 0 Å². The third-order valence-electron chi connectivity index (χ3n) is 4.64. The Labute approximate surface area is 192 Å². The molecule has 3 aromatic carbocycles. The van der Waals surface area contributed by atoms with Gasteiger partial charge >= 0.3 is 0 Å². The zero-order valence-electron chi connectivity index (χ0n) is 17.6. The van der Waals surface area contributed by atoms with Crippen molar-refractivity contribution in [3.63, 3.8) is 0 Å². The Hall–Kier alpha value is -2.89. The van der Waals surface area contributed by atoms with Gasteiger partial charge in [-0.25, -0.2) is 0 Å². The van der Waals surface area contributed by atoms with Crippen LogP contribution in [0.15, 0.2) is 54.6 Å². The van der Waals surface area contributed by atoms with Gasteiger partial charge < -0.3 is 20.1 Å². The summed E-state index contributed by atoms with van der Waals surface area (Å²) in [4.78, 5) is 12.3. The minimum Gasteiger partial charge on any atom is -0.493 e. The van der Waals surface area contributed by atoms with Crippen LogP contribution in [-0.2, 0) is 11.3 Å². The Morgan fingerprint density at radius 2 is 1.65 bits per heavy atom. The summed E-state index contributed by atoms with van der Waals surface area (Å²) in [5.41, 5.74) is 4.66. The lowest BCUT2D eigenvalue weighted by Gasteiger charge is -2.15. The number of carbonyl (C=O) groups excluding carboxylic acids is 1. The summed E-state index contributed by atoms with van der Waals surface area (Å²) in [5.74, 6) is 0.447. The van der Waals surface area contributed by atoms with E-state index in [0.29, 0.717) is 33.8 Å². The minimum atomic E-state index is -0.330. The number of carbonyl (C=O) groups is 1. The van der Waals surface area contributed by atoms with Crippen molar-refractivity contribution in [2.45, 2.75) is 20.4 Å². The van der Waals surface area contributed by atoms with Gasteiger partial charge in [0.15, 0.2) is 18.1 Å². The summed E-state index contributed by atoms with van der Waals surface area (Å²) in [6.07, 6.45) is 0. The maximum Gasteiger partial charge on any atom is 0.262 e. The van der Waals surface area contributed by atoms with Crippen LogP contribution < -0.4 is 20.1 Å². The van der Waals surface area contributed by atoms with Gasteiger partial charge in [-0.15, -0.1) is 0 Å². The number of benzene rings is 3. The Balaban J connectivity index is 1.63. The van der Waals surface area contributed by atoms with Gasteiger partial charge in [0.05, 0.1) is 12.1 Å². The number of rotatable bonds is 8. The molecule has 0 aliphatic carbocycles. The molecule has 0 fully saturated rings. The number of halogens is 2. The number of amides is 1. The van der Waals surface area contributed by atoms with Crippen molar-refractivity contribution in [1.29, 1.82) is 0 Å². The van der Waals surface area contributed by atoms with Crippen LogP contribution in [0, 0.1) is 13.8 Å². The van der Waals surface area contributed by atoms with E-state index in [1.807, 2.05) is 50.2 Å². The second kappa shape index (κ2) is 10.4. The van der Waals surface area contributed by atoms with E-state index < -0.39 is 0 Å². The second-order valence-corrected chi connectivity index (χ2v) is 7.94. The van der Waals surface area contributed by atoms with Gasteiger partial charge in [-0.05, 0) is 61.4 Å². The first-order chi connectivity index (χ1) is 14.9. The molecule has 0 aliphatic heterocycles. The fourth-order valence-electron chi connectivity index (χ4n) is 2.90. The van der Waals surface area contributed by atoms with Crippen LogP contribution in [0.1, 0.15) is 16.7 Å². The smallest absolute Gasteiger partial charge is 0.262 e. The van der Waals surface area contributed by atoms with Crippen molar-refractivity contribution in [1.82, 2.24) is 0 Å². The molecule has 0 heterocycles. The summed E-state index contributed by atoms with van der Waals surface area (Å²) in [5, 5.41) is 7.04. The molecule has 0 bridgehead atoms. The van der Waals surface area contributed by atoms with Crippen molar-refractivity contribution in [3.8, 4) is 11.5 Å². The average molecular weight is 459 g/mol. The molecule has 0 atom stereocenters.